The molecule has 1 amide bonds. The summed E-state index contributed by atoms with van der Waals surface area (Å²) >= 11 is 0. The fourth-order valence-electron chi connectivity index (χ4n) is 1.33. The Morgan fingerprint density at radius 1 is 1.57 bits per heavy atom. The largest absolute Gasteiger partial charge is 0.395 e. The Labute approximate surface area is 85.3 Å². The van der Waals surface area contributed by atoms with Crippen molar-refractivity contribution in [2.24, 2.45) is 0 Å². The van der Waals surface area contributed by atoms with Crippen LogP contribution in [0.2, 0.25) is 0 Å². The minimum atomic E-state index is 0.0784. The predicted molar refractivity (Wildman–Crippen MR) is 55.0 cm³/mol. The minimum absolute atomic E-state index is 0.0784. The first-order valence-electron chi connectivity index (χ1n) is 5.27. The third-order valence-corrected chi connectivity index (χ3v) is 2.41. The smallest absolute Gasteiger partial charge is 0.234 e. The zero-order valence-electron chi connectivity index (χ0n) is 8.99. The van der Waals surface area contributed by atoms with Crippen molar-refractivity contribution in [3.8, 4) is 0 Å². The van der Waals surface area contributed by atoms with E-state index in [9.17, 15) is 4.79 Å². The van der Waals surface area contributed by atoms with Crippen LogP contribution in [0.4, 0.5) is 0 Å². The maximum absolute atomic E-state index is 11.4. The Hall–Kier alpha value is -0.610. The van der Waals surface area contributed by atoms with Crippen molar-refractivity contribution in [1.29, 1.82) is 0 Å². The molecule has 0 spiro atoms. The number of aliphatic hydroxyl groups is 1. The van der Waals surface area contributed by atoms with Crippen LogP contribution in [0.25, 0.3) is 0 Å². The van der Waals surface area contributed by atoms with Crippen LogP contribution in [0.3, 0.4) is 0 Å². The van der Waals surface area contributed by atoms with Crippen LogP contribution in [0.1, 0.15) is 26.7 Å². The molecular weight excluding hydrogens is 180 g/mol. The van der Waals surface area contributed by atoms with Crippen LogP contribution < -0.4 is 5.32 Å². The summed E-state index contributed by atoms with van der Waals surface area (Å²) in [6.07, 6.45) is 2.24. The molecule has 0 aliphatic heterocycles. The van der Waals surface area contributed by atoms with E-state index >= 15 is 0 Å². The molecule has 0 unspecified atom stereocenters. The molecule has 2 N–H and O–H groups in total. The van der Waals surface area contributed by atoms with E-state index < -0.39 is 0 Å². The molecule has 1 rings (SSSR count). The molecule has 0 radical (unpaired) electrons. The normalized spacial score (nSPS) is 16.4. The Balaban J connectivity index is 2.25. The number of nitrogens with zero attached hydrogens (tertiary/aromatic N) is 1. The Morgan fingerprint density at radius 2 is 2.21 bits per heavy atom. The molecule has 1 saturated carbocycles. The van der Waals surface area contributed by atoms with Gasteiger partial charge in [-0.1, -0.05) is 0 Å². The van der Waals surface area contributed by atoms with Crippen LogP contribution in [-0.4, -0.2) is 47.7 Å². The summed E-state index contributed by atoms with van der Waals surface area (Å²) < 4.78 is 0. The lowest BCUT2D eigenvalue weighted by Gasteiger charge is -2.24. The van der Waals surface area contributed by atoms with Gasteiger partial charge in [0.05, 0.1) is 13.2 Å². The molecule has 4 heteroatoms. The number of hydrogen-bond acceptors (Lipinski definition) is 3. The quantitative estimate of drug-likeness (QED) is 0.633. The highest BCUT2D eigenvalue weighted by Gasteiger charge is 2.24. The van der Waals surface area contributed by atoms with Gasteiger partial charge in [-0.2, -0.15) is 0 Å². The molecule has 0 aromatic rings. The lowest BCUT2D eigenvalue weighted by molar-refractivity contribution is -0.122. The first-order valence-corrected chi connectivity index (χ1v) is 5.27. The van der Waals surface area contributed by atoms with Gasteiger partial charge in [0.25, 0.3) is 0 Å². The molecule has 1 fully saturated rings. The zero-order valence-corrected chi connectivity index (χ0v) is 8.99. The number of carbonyl (C=O) groups is 1. The SMILES string of the molecule is CC(C)N(CCO)CC(=O)NC1CC1. The topological polar surface area (TPSA) is 52.6 Å². The number of nitrogens with one attached hydrogen (secondary N) is 1. The maximum Gasteiger partial charge on any atom is 0.234 e. The van der Waals surface area contributed by atoms with Gasteiger partial charge in [-0.05, 0) is 26.7 Å². The highest BCUT2D eigenvalue weighted by atomic mass is 16.3. The Morgan fingerprint density at radius 3 is 2.64 bits per heavy atom. The van der Waals surface area contributed by atoms with E-state index in [1.165, 1.54) is 0 Å². The Bertz CT molecular complexity index is 191. The van der Waals surface area contributed by atoms with Crippen LogP contribution in [0, 0.1) is 0 Å². The molecule has 0 saturated heterocycles. The molecule has 1 aliphatic rings. The first kappa shape index (κ1) is 11.5. The van der Waals surface area contributed by atoms with Gasteiger partial charge < -0.3 is 10.4 Å². The summed E-state index contributed by atoms with van der Waals surface area (Å²) in [4.78, 5) is 13.4. The highest BCUT2D eigenvalue weighted by Crippen LogP contribution is 2.18. The standard InChI is InChI=1S/C10H20N2O2/c1-8(2)12(5-6-13)7-10(14)11-9-3-4-9/h8-9,13H,3-7H2,1-2H3,(H,11,14). The predicted octanol–water partition coefficient (Wildman–Crippen LogP) is -0.0323. The van der Waals surface area contributed by atoms with Crippen LogP contribution in [0.5, 0.6) is 0 Å². The monoisotopic (exact) mass is 200 g/mol. The van der Waals surface area contributed by atoms with Gasteiger partial charge in [-0.3, -0.25) is 9.69 Å². The average Bonchev–Trinajstić information content (AvgIpc) is 2.87. The fourth-order valence-corrected chi connectivity index (χ4v) is 1.33. The third kappa shape index (κ3) is 4.07. The van der Waals surface area contributed by atoms with Crippen molar-refractivity contribution in [1.82, 2.24) is 10.2 Å². The number of aliphatic hydroxyl groups excluding tert-OH is 1. The molecule has 0 bridgehead atoms. The number of rotatable bonds is 6. The summed E-state index contributed by atoms with van der Waals surface area (Å²) in [5.74, 6) is 0.0784. The molecule has 0 aromatic carbocycles. The van der Waals surface area contributed by atoms with Crippen LogP contribution in [0.15, 0.2) is 0 Å². The second kappa shape index (κ2) is 5.32. The van der Waals surface area contributed by atoms with Gasteiger partial charge in [0.15, 0.2) is 0 Å². The molecule has 4 nitrogen and oxygen atoms in total. The summed E-state index contributed by atoms with van der Waals surface area (Å²) in [7, 11) is 0. The van der Waals surface area contributed by atoms with Crippen molar-refractivity contribution in [2.45, 2.75) is 38.8 Å². The molecular formula is C10H20N2O2. The lowest BCUT2D eigenvalue weighted by Crippen LogP contribution is -2.42. The van der Waals surface area contributed by atoms with E-state index in [2.05, 4.69) is 5.32 Å². The van der Waals surface area contributed by atoms with Crippen molar-refractivity contribution >= 4 is 5.91 Å². The van der Waals surface area contributed by atoms with Gasteiger partial charge in [0.2, 0.25) is 5.91 Å². The maximum atomic E-state index is 11.4. The zero-order chi connectivity index (χ0) is 10.6. The molecule has 1 aliphatic carbocycles. The summed E-state index contributed by atoms with van der Waals surface area (Å²) in [6, 6.07) is 0.720. The summed E-state index contributed by atoms with van der Waals surface area (Å²) in [5.41, 5.74) is 0. The van der Waals surface area contributed by atoms with Crippen molar-refractivity contribution < 1.29 is 9.90 Å². The van der Waals surface area contributed by atoms with E-state index in [4.69, 9.17) is 5.11 Å². The van der Waals surface area contributed by atoms with Crippen LogP contribution in [-0.2, 0) is 4.79 Å². The Kier molecular flexibility index (Phi) is 4.35. The second-order valence-electron chi connectivity index (χ2n) is 4.13. The molecule has 82 valence electrons. The van der Waals surface area contributed by atoms with Crippen LogP contribution >= 0.6 is 0 Å². The minimum Gasteiger partial charge on any atom is -0.395 e. The third-order valence-electron chi connectivity index (χ3n) is 2.41. The molecule has 0 atom stereocenters. The average molecular weight is 200 g/mol. The van der Waals surface area contributed by atoms with E-state index in [-0.39, 0.29) is 12.5 Å². The van der Waals surface area contributed by atoms with Gasteiger partial charge in [-0.25, -0.2) is 0 Å². The number of carbonyl (C=O) groups excluding carboxylic acids is 1. The van der Waals surface area contributed by atoms with E-state index in [1.807, 2.05) is 18.7 Å². The van der Waals surface area contributed by atoms with Crippen molar-refractivity contribution in [2.75, 3.05) is 19.7 Å². The molecule has 0 heterocycles. The highest BCUT2D eigenvalue weighted by molar-refractivity contribution is 5.78. The van der Waals surface area contributed by atoms with E-state index in [0.29, 0.717) is 25.2 Å². The van der Waals surface area contributed by atoms with Gasteiger partial charge in [0, 0.05) is 18.6 Å². The van der Waals surface area contributed by atoms with Crippen molar-refractivity contribution in [3.05, 3.63) is 0 Å². The second-order valence-corrected chi connectivity index (χ2v) is 4.13. The molecule has 0 aromatic heterocycles. The lowest BCUT2D eigenvalue weighted by atomic mass is 10.3. The summed E-state index contributed by atoms with van der Waals surface area (Å²) in [5, 5.41) is 11.8. The van der Waals surface area contributed by atoms with Gasteiger partial charge >= 0.3 is 0 Å². The van der Waals surface area contributed by atoms with E-state index in [0.717, 1.165) is 12.8 Å². The number of amides is 1. The first-order chi connectivity index (χ1) is 6.63. The molecule has 14 heavy (non-hydrogen) atoms. The fraction of sp³-hybridized carbons (Fsp3) is 0.900. The van der Waals surface area contributed by atoms with Crippen molar-refractivity contribution in [3.63, 3.8) is 0 Å². The van der Waals surface area contributed by atoms with E-state index in [1.54, 1.807) is 0 Å². The number of hydrogen-bond donors (Lipinski definition) is 2. The van der Waals surface area contributed by atoms with Gasteiger partial charge in [-0.15, -0.1) is 0 Å². The van der Waals surface area contributed by atoms with Gasteiger partial charge in [0.1, 0.15) is 0 Å². The summed E-state index contributed by atoms with van der Waals surface area (Å²) in [6.45, 7) is 5.12.